The average molecular weight is 409 g/mol. The molecule has 1 aromatic carbocycles. The first-order chi connectivity index (χ1) is 11.7. The molecule has 6 heteroatoms. The Morgan fingerprint density at radius 1 is 1.20 bits per heavy atom. The number of fused-ring (bicyclic) bond motifs is 1. The fourth-order valence-electron chi connectivity index (χ4n) is 4.77. The van der Waals surface area contributed by atoms with E-state index in [9.17, 15) is 14.4 Å². The van der Waals surface area contributed by atoms with Crippen LogP contribution >= 0.6 is 15.9 Å². The second kappa shape index (κ2) is 5.66. The van der Waals surface area contributed by atoms with Crippen molar-refractivity contribution in [3.8, 4) is 0 Å². The molecule has 0 N–H and O–H groups in total. The SMILES string of the molecule is CCOC(=O)[C@@]12C(=O)OC(C)(C)[C@H]1[C@@]2(CC)C(=O)c1ccc(Br)cc1. The van der Waals surface area contributed by atoms with E-state index >= 15 is 0 Å². The maximum Gasteiger partial charge on any atom is 0.325 e. The first kappa shape index (κ1) is 18.1. The van der Waals surface area contributed by atoms with Gasteiger partial charge in [0.2, 0.25) is 0 Å². The average Bonchev–Trinajstić information content (AvgIpc) is 3.15. The zero-order valence-corrected chi connectivity index (χ0v) is 16.3. The summed E-state index contributed by atoms with van der Waals surface area (Å²) in [6.45, 7) is 7.17. The van der Waals surface area contributed by atoms with E-state index in [1.807, 2.05) is 6.92 Å². The van der Waals surface area contributed by atoms with Crippen LogP contribution in [0.4, 0.5) is 0 Å². The van der Waals surface area contributed by atoms with Gasteiger partial charge in [-0.15, -0.1) is 0 Å². The number of cyclic esters (lactones) is 1. The number of carbonyl (C=O) groups is 3. The van der Waals surface area contributed by atoms with Gasteiger partial charge in [0.15, 0.2) is 11.2 Å². The summed E-state index contributed by atoms with van der Waals surface area (Å²) < 4.78 is 11.5. The first-order valence-electron chi connectivity index (χ1n) is 8.41. The molecule has 2 aliphatic rings. The standard InChI is InChI=1S/C19H21BrO5/c1-5-18(13(21)11-7-9-12(20)10-8-11)14-17(3,4)25-16(23)19(14,18)15(22)24-6-2/h7-10,14H,5-6H2,1-4H3/t14-,18+,19+/m0/s1. The van der Waals surface area contributed by atoms with Gasteiger partial charge in [0.25, 0.3) is 0 Å². The van der Waals surface area contributed by atoms with E-state index < -0.39 is 34.3 Å². The molecule has 1 aliphatic carbocycles. The lowest BCUT2D eigenvalue weighted by Gasteiger charge is -2.28. The third kappa shape index (κ3) is 2.09. The molecular formula is C19H21BrO5. The summed E-state index contributed by atoms with van der Waals surface area (Å²) in [5.74, 6) is -2.03. The molecule has 1 heterocycles. The molecule has 3 rings (SSSR count). The highest BCUT2D eigenvalue weighted by atomic mass is 79.9. The Labute approximate surface area is 155 Å². The minimum Gasteiger partial charge on any atom is -0.465 e. The maximum absolute atomic E-state index is 13.4. The molecule has 0 amide bonds. The Morgan fingerprint density at radius 2 is 1.80 bits per heavy atom. The Morgan fingerprint density at radius 3 is 2.32 bits per heavy atom. The minimum absolute atomic E-state index is 0.146. The molecule has 0 aromatic heterocycles. The minimum atomic E-state index is -1.54. The van der Waals surface area contributed by atoms with Crippen molar-refractivity contribution >= 4 is 33.7 Å². The first-order valence-corrected chi connectivity index (χ1v) is 9.20. The number of halogens is 1. The lowest BCUT2D eigenvalue weighted by atomic mass is 9.81. The molecule has 0 unspecified atom stereocenters. The third-order valence-corrected chi connectivity index (χ3v) is 6.11. The molecule has 1 aromatic rings. The van der Waals surface area contributed by atoms with Crippen LogP contribution < -0.4 is 0 Å². The van der Waals surface area contributed by atoms with Gasteiger partial charge in [-0.2, -0.15) is 0 Å². The van der Waals surface area contributed by atoms with Crippen molar-refractivity contribution in [3.63, 3.8) is 0 Å². The lowest BCUT2D eigenvalue weighted by Crippen LogP contribution is -2.40. The zero-order valence-electron chi connectivity index (χ0n) is 14.7. The van der Waals surface area contributed by atoms with Gasteiger partial charge in [-0.3, -0.25) is 14.4 Å². The summed E-state index contributed by atoms with van der Waals surface area (Å²) >= 11 is 3.35. The molecule has 25 heavy (non-hydrogen) atoms. The molecule has 0 spiro atoms. The molecule has 1 saturated carbocycles. The number of esters is 2. The Kier molecular flexibility index (Phi) is 4.10. The van der Waals surface area contributed by atoms with Gasteiger partial charge in [0.05, 0.1) is 12.0 Å². The zero-order chi connectivity index (χ0) is 18.6. The van der Waals surface area contributed by atoms with Gasteiger partial charge in [0, 0.05) is 16.0 Å². The van der Waals surface area contributed by atoms with E-state index in [1.54, 1.807) is 45.0 Å². The number of rotatable bonds is 5. The molecule has 2 fully saturated rings. The molecule has 3 atom stereocenters. The van der Waals surface area contributed by atoms with Gasteiger partial charge in [0.1, 0.15) is 5.60 Å². The summed E-state index contributed by atoms with van der Waals surface area (Å²) in [5.41, 5.74) is -3.07. The van der Waals surface area contributed by atoms with Crippen LogP contribution in [0.15, 0.2) is 28.7 Å². The number of benzene rings is 1. The molecule has 0 bridgehead atoms. The molecule has 0 radical (unpaired) electrons. The number of hydrogen-bond donors (Lipinski definition) is 0. The predicted octanol–water partition coefficient (Wildman–Crippen LogP) is 3.54. The second-order valence-corrected chi connectivity index (χ2v) is 8.03. The smallest absolute Gasteiger partial charge is 0.325 e. The largest absolute Gasteiger partial charge is 0.465 e. The molecular weight excluding hydrogens is 388 g/mol. The van der Waals surface area contributed by atoms with Crippen molar-refractivity contribution in [2.45, 2.75) is 39.7 Å². The number of ether oxygens (including phenoxy) is 2. The van der Waals surface area contributed by atoms with Crippen molar-refractivity contribution in [1.29, 1.82) is 0 Å². The summed E-state index contributed by atoms with van der Waals surface area (Å²) in [6.07, 6.45) is 0.365. The Bertz CT molecular complexity index is 754. The van der Waals surface area contributed by atoms with Crippen LogP contribution in [0.2, 0.25) is 0 Å². The van der Waals surface area contributed by atoms with Gasteiger partial charge in [-0.25, -0.2) is 0 Å². The summed E-state index contributed by atoms with van der Waals surface area (Å²) in [6, 6.07) is 6.95. The van der Waals surface area contributed by atoms with E-state index in [0.717, 1.165) is 4.47 Å². The maximum atomic E-state index is 13.4. The van der Waals surface area contributed by atoms with Crippen molar-refractivity contribution in [2.24, 2.45) is 16.7 Å². The van der Waals surface area contributed by atoms with E-state index in [-0.39, 0.29) is 12.4 Å². The molecule has 5 nitrogen and oxygen atoms in total. The summed E-state index contributed by atoms with van der Waals surface area (Å²) in [4.78, 5) is 38.9. The van der Waals surface area contributed by atoms with E-state index in [4.69, 9.17) is 9.47 Å². The number of Topliss-reactive ketones (excluding diaryl/α,β-unsaturated/α-hetero) is 1. The topological polar surface area (TPSA) is 69.7 Å². The highest BCUT2D eigenvalue weighted by molar-refractivity contribution is 9.10. The highest BCUT2D eigenvalue weighted by Crippen LogP contribution is 2.80. The van der Waals surface area contributed by atoms with Crippen LogP contribution in [0.3, 0.4) is 0 Å². The van der Waals surface area contributed by atoms with Gasteiger partial charge < -0.3 is 9.47 Å². The summed E-state index contributed by atoms with van der Waals surface area (Å²) in [7, 11) is 0. The Balaban J connectivity index is 2.14. The van der Waals surface area contributed by atoms with Crippen LogP contribution in [0.1, 0.15) is 44.5 Å². The van der Waals surface area contributed by atoms with Crippen molar-refractivity contribution < 1.29 is 23.9 Å². The van der Waals surface area contributed by atoms with Crippen LogP contribution in [0.5, 0.6) is 0 Å². The summed E-state index contributed by atoms with van der Waals surface area (Å²) in [5, 5.41) is 0. The van der Waals surface area contributed by atoms with Crippen molar-refractivity contribution in [2.75, 3.05) is 6.61 Å². The van der Waals surface area contributed by atoms with Crippen LogP contribution in [0, 0.1) is 16.7 Å². The van der Waals surface area contributed by atoms with Gasteiger partial charge >= 0.3 is 11.9 Å². The Hall–Kier alpha value is -1.69. The van der Waals surface area contributed by atoms with E-state index in [1.165, 1.54) is 0 Å². The lowest BCUT2D eigenvalue weighted by molar-refractivity contribution is -0.166. The number of hydrogen-bond acceptors (Lipinski definition) is 5. The van der Waals surface area contributed by atoms with Gasteiger partial charge in [-0.1, -0.05) is 35.0 Å². The monoisotopic (exact) mass is 408 g/mol. The normalized spacial score (nSPS) is 31.9. The van der Waals surface area contributed by atoms with E-state index in [2.05, 4.69) is 15.9 Å². The highest BCUT2D eigenvalue weighted by Gasteiger charge is 2.95. The van der Waals surface area contributed by atoms with Crippen molar-refractivity contribution in [1.82, 2.24) is 0 Å². The van der Waals surface area contributed by atoms with Crippen LogP contribution in [-0.2, 0) is 19.1 Å². The quantitative estimate of drug-likeness (QED) is 0.423. The number of carbonyl (C=O) groups excluding carboxylic acids is 3. The van der Waals surface area contributed by atoms with E-state index in [0.29, 0.717) is 12.0 Å². The van der Waals surface area contributed by atoms with Gasteiger partial charge in [-0.05, 0) is 39.3 Å². The predicted molar refractivity (Wildman–Crippen MR) is 93.9 cm³/mol. The van der Waals surface area contributed by atoms with Crippen molar-refractivity contribution in [3.05, 3.63) is 34.3 Å². The number of ketones is 1. The van der Waals surface area contributed by atoms with Crippen LogP contribution in [-0.4, -0.2) is 29.9 Å². The fourth-order valence-corrected chi connectivity index (χ4v) is 5.03. The molecule has 1 saturated heterocycles. The second-order valence-electron chi connectivity index (χ2n) is 7.12. The van der Waals surface area contributed by atoms with Crippen LogP contribution in [0.25, 0.3) is 0 Å². The fraction of sp³-hybridized carbons (Fsp3) is 0.526. The molecule has 134 valence electrons. The molecule has 1 aliphatic heterocycles. The third-order valence-electron chi connectivity index (χ3n) is 5.59.